The number of fused-ring (bicyclic) bond motifs is 3. The summed E-state index contributed by atoms with van der Waals surface area (Å²) in [6.07, 6.45) is 6.53. The number of hydrogen-bond donors (Lipinski definition) is 2. The number of rotatable bonds is 10. The van der Waals surface area contributed by atoms with E-state index in [0.29, 0.717) is 81.9 Å². The molecular weight excluding hydrogens is 568 g/mol. The van der Waals surface area contributed by atoms with Crippen molar-refractivity contribution in [2.45, 2.75) is 38.6 Å². The number of halogens is 1. The Morgan fingerprint density at radius 1 is 1.00 bits per heavy atom. The van der Waals surface area contributed by atoms with E-state index in [4.69, 9.17) is 30.5 Å². The second kappa shape index (κ2) is 13.0. The molecule has 1 saturated carbocycles. The topological polar surface area (TPSA) is 94.2 Å². The minimum absolute atomic E-state index is 0.359. The van der Waals surface area contributed by atoms with Crippen LogP contribution >= 0.6 is 11.6 Å². The molecule has 4 aromatic rings. The van der Waals surface area contributed by atoms with Crippen molar-refractivity contribution < 1.29 is 23.7 Å². The number of hydrogen-bond acceptors (Lipinski definition) is 7. The van der Waals surface area contributed by atoms with Gasteiger partial charge in [-0.3, -0.25) is 4.98 Å². The molecule has 2 heterocycles. The van der Waals surface area contributed by atoms with Gasteiger partial charge in [0.1, 0.15) is 24.7 Å². The Labute approximate surface area is 256 Å². The molecule has 0 spiro atoms. The van der Waals surface area contributed by atoms with E-state index in [1.54, 1.807) is 48.7 Å². The summed E-state index contributed by atoms with van der Waals surface area (Å²) < 4.78 is 24.6. The Hall–Kier alpha value is -4.21. The first-order valence-corrected chi connectivity index (χ1v) is 15.0. The zero-order valence-corrected chi connectivity index (χ0v) is 25.1. The number of pyridine rings is 1. The molecule has 1 aromatic heterocycles. The Balaban J connectivity index is 1.13. The number of aryl methyl sites for hydroxylation is 1. The minimum atomic E-state index is -0.359. The lowest BCUT2D eigenvalue weighted by Gasteiger charge is -2.34. The summed E-state index contributed by atoms with van der Waals surface area (Å²) in [4.78, 5) is 19.5. The van der Waals surface area contributed by atoms with Gasteiger partial charge in [0.15, 0.2) is 11.5 Å². The molecule has 1 aliphatic heterocycles. The number of ether oxygens (including phenoxy) is 4. The van der Waals surface area contributed by atoms with Gasteiger partial charge >= 0.3 is 6.03 Å². The normalized spacial score (nSPS) is 14.3. The number of nitrogens with zero attached hydrogens (tertiary/aromatic N) is 2. The molecule has 2 N–H and O–H groups in total. The number of carbonyl (C=O) groups is 1. The number of aromatic nitrogens is 1. The van der Waals surface area contributed by atoms with E-state index in [0.717, 1.165) is 18.5 Å². The van der Waals surface area contributed by atoms with Crippen molar-refractivity contribution in [3.8, 4) is 28.7 Å². The van der Waals surface area contributed by atoms with Crippen LogP contribution in [0.2, 0.25) is 5.02 Å². The van der Waals surface area contributed by atoms with Crippen LogP contribution in [0, 0.1) is 6.92 Å². The van der Waals surface area contributed by atoms with Crippen LogP contribution in [0.15, 0.2) is 60.8 Å². The van der Waals surface area contributed by atoms with Crippen LogP contribution < -0.4 is 29.6 Å². The number of urea groups is 1. The number of benzene rings is 3. The minimum Gasteiger partial charge on any atom is -0.489 e. The predicted octanol–water partition coefficient (Wildman–Crippen LogP) is 7.66. The Kier molecular flexibility index (Phi) is 8.72. The summed E-state index contributed by atoms with van der Waals surface area (Å²) in [5, 5.41) is 7.01. The van der Waals surface area contributed by atoms with E-state index < -0.39 is 0 Å². The summed E-state index contributed by atoms with van der Waals surface area (Å²) in [6, 6.07) is 16.5. The van der Waals surface area contributed by atoms with Crippen molar-refractivity contribution in [2.75, 3.05) is 44.0 Å². The molecule has 0 atom stereocenters. The first-order valence-electron chi connectivity index (χ1n) is 14.6. The zero-order valence-electron chi connectivity index (χ0n) is 24.3. The molecule has 43 heavy (non-hydrogen) atoms. The molecule has 1 fully saturated rings. The molecule has 0 radical (unpaired) electrons. The molecule has 9 nitrogen and oxygen atoms in total. The van der Waals surface area contributed by atoms with Crippen molar-refractivity contribution in [3.05, 3.63) is 71.4 Å². The summed E-state index contributed by atoms with van der Waals surface area (Å²) in [6.45, 7) is 4.32. The molecule has 2 aliphatic rings. The van der Waals surface area contributed by atoms with E-state index in [9.17, 15) is 4.79 Å². The zero-order chi connectivity index (χ0) is 29.8. The highest BCUT2D eigenvalue weighted by atomic mass is 35.5. The summed E-state index contributed by atoms with van der Waals surface area (Å²) in [5.74, 6) is 2.94. The monoisotopic (exact) mass is 602 g/mol. The van der Waals surface area contributed by atoms with Crippen LogP contribution in [0.1, 0.15) is 31.2 Å². The molecule has 224 valence electrons. The highest BCUT2D eigenvalue weighted by molar-refractivity contribution is 6.31. The number of nitrogens with one attached hydrogen (secondary N) is 2. The largest absolute Gasteiger partial charge is 0.489 e. The second-order valence-corrected chi connectivity index (χ2v) is 11.3. The lowest BCUT2D eigenvalue weighted by Crippen LogP contribution is -2.38. The highest BCUT2D eigenvalue weighted by Gasteiger charge is 2.25. The van der Waals surface area contributed by atoms with Gasteiger partial charge in [-0.15, -0.1) is 0 Å². The van der Waals surface area contributed by atoms with Gasteiger partial charge < -0.3 is 34.5 Å². The van der Waals surface area contributed by atoms with E-state index in [-0.39, 0.29) is 6.03 Å². The van der Waals surface area contributed by atoms with Crippen LogP contribution in [-0.4, -0.2) is 55.4 Å². The quantitative estimate of drug-likeness (QED) is 0.180. The molecule has 10 heteroatoms. The number of amides is 2. The van der Waals surface area contributed by atoms with E-state index >= 15 is 0 Å². The maximum atomic E-state index is 12.5. The second-order valence-electron chi connectivity index (χ2n) is 10.9. The van der Waals surface area contributed by atoms with E-state index in [1.165, 1.54) is 19.3 Å². The van der Waals surface area contributed by atoms with Crippen molar-refractivity contribution in [3.63, 3.8) is 0 Å². The van der Waals surface area contributed by atoms with Crippen LogP contribution in [-0.2, 0) is 0 Å². The third-order valence-electron chi connectivity index (χ3n) is 7.81. The molecule has 6 rings (SSSR count). The van der Waals surface area contributed by atoms with Crippen molar-refractivity contribution >= 4 is 39.9 Å². The van der Waals surface area contributed by atoms with Crippen LogP contribution in [0.5, 0.6) is 28.7 Å². The third-order valence-corrected chi connectivity index (χ3v) is 8.23. The standard InChI is InChI=1S/C33H35ClN4O5/c1-21-19-23(9-12-26(21)34)37-33(39)36-22-7-10-25(11-8-22)43-28-13-14-35-27-20-29(31-32(30(27)28)42-18-17-41-31)40-16-4-15-38(2)24-5-3-6-24/h7-14,19-20,24H,3-6,15-18H2,1-2H3,(H2,36,37,39). The van der Waals surface area contributed by atoms with Gasteiger partial charge in [0, 0.05) is 41.2 Å². The van der Waals surface area contributed by atoms with Gasteiger partial charge in [-0.1, -0.05) is 18.0 Å². The molecule has 0 saturated heterocycles. The molecule has 2 amide bonds. The average molecular weight is 603 g/mol. The van der Waals surface area contributed by atoms with Crippen LogP contribution in [0.3, 0.4) is 0 Å². The first-order chi connectivity index (χ1) is 20.9. The van der Waals surface area contributed by atoms with Gasteiger partial charge in [-0.05, 0) is 87.3 Å². The molecule has 3 aromatic carbocycles. The van der Waals surface area contributed by atoms with Gasteiger partial charge in [-0.25, -0.2) is 4.79 Å². The molecule has 1 aliphatic carbocycles. The Morgan fingerprint density at radius 3 is 2.49 bits per heavy atom. The van der Waals surface area contributed by atoms with Gasteiger partial charge in [0.25, 0.3) is 0 Å². The average Bonchev–Trinajstić information content (AvgIpc) is 2.97. The summed E-state index contributed by atoms with van der Waals surface area (Å²) >= 11 is 6.08. The summed E-state index contributed by atoms with van der Waals surface area (Å²) in [5.41, 5.74) is 2.85. The fourth-order valence-corrected chi connectivity index (χ4v) is 5.34. The van der Waals surface area contributed by atoms with Crippen molar-refractivity contribution in [1.29, 1.82) is 0 Å². The number of carbonyl (C=O) groups excluding carboxylic acids is 1. The lowest BCUT2D eigenvalue weighted by molar-refractivity contribution is 0.144. The van der Waals surface area contributed by atoms with Crippen molar-refractivity contribution in [1.82, 2.24) is 9.88 Å². The highest BCUT2D eigenvalue weighted by Crippen LogP contribution is 2.48. The molecule has 0 bridgehead atoms. The SMILES string of the molecule is Cc1cc(NC(=O)Nc2ccc(Oc3ccnc4cc(OCCCN(C)C5CCC5)c5c(c34)OCCO5)cc2)ccc1Cl. The van der Waals surface area contributed by atoms with Crippen LogP contribution in [0.4, 0.5) is 16.2 Å². The lowest BCUT2D eigenvalue weighted by atomic mass is 9.92. The van der Waals surface area contributed by atoms with Gasteiger partial charge in [-0.2, -0.15) is 0 Å². The maximum absolute atomic E-state index is 12.5. The molecular formula is C33H35ClN4O5. The van der Waals surface area contributed by atoms with Crippen LogP contribution in [0.25, 0.3) is 10.9 Å². The van der Waals surface area contributed by atoms with E-state index in [2.05, 4.69) is 27.6 Å². The fraction of sp³-hybridized carbons (Fsp3) is 0.333. The predicted molar refractivity (Wildman–Crippen MR) is 168 cm³/mol. The smallest absolute Gasteiger partial charge is 0.323 e. The Morgan fingerprint density at radius 2 is 1.74 bits per heavy atom. The molecule has 0 unspecified atom stereocenters. The van der Waals surface area contributed by atoms with Crippen molar-refractivity contribution in [2.24, 2.45) is 0 Å². The summed E-state index contributed by atoms with van der Waals surface area (Å²) in [7, 11) is 2.19. The van der Waals surface area contributed by atoms with Gasteiger partial charge in [0.2, 0.25) is 5.75 Å². The maximum Gasteiger partial charge on any atom is 0.323 e. The van der Waals surface area contributed by atoms with E-state index in [1.807, 2.05) is 19.1 Å². The number of anilines is 2. The van der Waals surface area contributed by atoms with Gasteiger partial charge in [0.05, 0.1) is 17.5 Å². The third kappa shape index (κ3) is 6.73. The fourth-order valence-electron chi connectivity index (χ4n) is 5.22. The first kappa shape index (κ1) is 28.9. The Bertz CT molecular complexity index is 1610.